The Morgan fingerprint density at radius 3 is 2.18 bits per heavy atom. The molecule has 0 heterocycles. The standard InChI is InChI=1S/C14H29NO2/c1-12(2)13(7-10-16)15-11-14(17)8-5-3-4-6-9-14/h12-13,15-17H,3-11H2,1-2H3. The van der Waals surface area contributed by atoms with Gasteiger partial charge in [-0.1, -0.05) is 39.5 Å². The second-order valence-electron chi connectivity index (χ2n) is 5.88. The molecule has 3 nitrogen and oxygen atoms in total. The Balaban J connectivity index is 2.40. The minimum absolute atomic E-state index is 0.217. The van der Waals surface area contributed by atoms with Gasteiger partial charge in [0.15, 0.2) is 0 Å². The zero-order valence-corrected chi connectivity index (χ0v) is 11.4. The lowest BCUT2D eigenvalue weighted by Crippen LogP contribution is -2.46. The van der Waals surface area contributed by atoms with Gasteiger partial charge in [-0.15, -0.1) is 0 Å². The van der Waals surface area contributed by atoms with Gasteiger partial charge in [0.25, 0.3) is 0 Å². The predicted molar refractivity (Wildman–Crippen MR) is 71.0 cm³/mol. The van der Waals surface area contributed by atoms with Gasteiger partial charge in [-0.3, -0.25) is 0 Å². The third kappa shape index (κ3) is 5.36. The van der Waals surface area contributed by atoms with Gasteiger partial charge in [0.1, 0.15) is 0 Å². The van der Waals surface area contributed by atoms with E-state index in [2.05, 4.69) is 19.2 Å². The highest BCUT2D eigenvalue weighted by Crippen LogP contribution is 2.26. The molecule has 1 unspecified atom stereocenters. The molecule has 102 valence electrons. The van der Waals surface area contributed by atoms with Crippen molar-refractivity contribution < 1.29 is 10.2 Å². The van der Waals surface area contributed by atoms with Crippen LogP contribution in [0.25, 0.3) is 0 Å². The summed E-state index contributed by atoms with van der Waals surface area (Å²) in [5, 5.41) is 23.0. The quantitative estimate of drug-likeness (QED) is 0.626. The fraction of sp³-hybridized carbons (Fsp3) is 1.00. The number of hydrogen-bond acceptors (Lipinski definition) is 3. The predicted octanol–water partition coefficient (Wildman–Crippen LogP) is 2.07. The van der Waals surface area contributed by atoms with Crippen molar-refractivity contribution in [1.29, 1.82) is 0 Å². The summed E-state index contributed by atoms with van der Waals surface area (Å²) in [5.41, 5.74) is -0.515. The van der Waals surface area contributed by atoms with Crippen LogP contribution >= 0.6 is 0 Å². The molecular formula is C14H29NO2. The van der Waals surface area contributed by atoms with Gasteiger partial charge in [0.05, 0.1) is 5.60 Å². The molecule has 0 aliphatic heterocycles. The second-order valence-corrected chi connectivity index (χ2v) is 5.88. The number of aliphatic hydroxyl groups is 2. The lowest BCUT2D eigenvalue weighted by atomic mass is 9.93. The van der Waals surface area contributed by atoms with E-state index in [1.165, 1.54) is 12.8 Å². The molecule has 1 aliphatic carbocycles. The van der Waals surface area contributed by atoms with Crippen molar-refractivity contribution in [1.82, 2.24) is 5.32 Å². The Bertz CT molecular complexity index is 198. The molecule has 3 heteroatoms. The Kier molecular flexibility index (Phi) is 6.45. The SMILES string of the molecule is CC(C)C(CCO)NCC1(O)CCCCCC1. The molecule has 17 heavy (non-hydrogen) atoms. The molecule has 3 N–H and O–H groups in total. The first-order valence-corrected chi connectivity index (χ1v) is 7.14. The van der Waals surface area contributed by atoms with Crippen LogP contribution in [0.3, 0.4) is 0 Å². The smallest absolute Gasteiger partial charge is 0.0771 e. The molecule has 0 amide bonds. The molecule has 1 aliphatic rings. The van der Waals surface area contributed by atoms with Crippen LogP contribution in [-0.4, -0.2) is 35.0 Å². The van der Waals surface area contributed by atoms with Crippen molar-refractivity contribution in [3.63, 3.8) is 0 Å². The summed E-state index contributed by atoms with van der Waals surface area (Å²) in [4.78, 5) is 0. The molecule has 1 saturated carbocycles. The highest BCUT2D eigenvalue weighted by atomic mass is 16.3. The van der Waals surface area contributed by atoms with Crippen LogP contribution in [0.15, 0.2) is 0 Å². The van der Waals surface area contributed by atoms with Crippen LogP contribution in [0.2, 0.25) is 0 Å². The summed E-state index contributed by atoms with van der Waals surface area (Å²) < 4.78 is 0. The average molecular weight is 243 g/mol. The Morgan fingerprint density at radius 2 is 1.71 bits per heavy atom. The van der Waals surface area contributed by atoms with Crippen LogP contribution in [0.4, 0.5) is 0 Å². The van der Waals surface area contributed by atoms with Crippen LogP contribution in [-0.2, 0) is 0 Å². The van der Waals surface area contributed by atoms with Gasteiger partial charge in [-0.05, 0) is 25.2 Å². The third-order valence-electron chi connectivity index (χ3n) is 3.97. The van der Waals surface area contributed by atoms with Gasteiger partial charge >= 0.3 is 0 Å². The molecular weight excluding hydrogens is 214 g/mol. The molecule has 0 radical (unpaired) electrons. The van der Waals surface area contributed by atoms with Gasteiger partial charge in [-0.2, -0.15) is 0 Å². The highest BCUT2D eigenvalue weighted by Gasteiger charge is 2.28. The molecule has 0 spiro atoms. The van der Waals surface area contributed by atoms with Crippen LogP contribution in [0.5, 0.6) is 0 Å². The van der Waals surface area contributed by atoms with Crippen molar-refractivity contribution in [3.8, 4) is 0 Å². The van der Waals surface area contributed by atoms with Gasteiger partial charge in [0.2, 0.25) is 0 Å². The van der Waals surface area contributed by atoms with Crippen molar-refractivity contribution >= 4 is 0 Å². The van der Waals surface area contributed by atoms with Crippen LogP contribution in [0.1, 0.15) is 58.8 Å². The zero-order chi connectivity index (χ0) is 12.7. The maximum atomic E-state index is 10.5. The van der Waals surface area contributed by atoms with Crippen molar-refractivity contribution in [2.75, 3.05) is 13.2 Å². The number of nitrogens with one attached hydrogen (secondary N) is 1. The van der Waals surface area contributed by atoms with Crippen molar-refractivity contribution in [3.05, 3.63) is 0 Å². The second kappa shape index (κ2) is 7.34. The van der Waals surface area contributed by atoms with Crippen molar-refractivity contribution in [2.24, 2.45) is 5.92 Å². The first-order chi connectivity index (χ1) is 8.07. The van der Waals surface area contributed by atoms with Crippen LogP contribution < -0.4 is 5.32 Å². The van der Waals surface area contributed by atoms with E-state index in [1.54, 1.807) is 0 Å². The first kappa shape index (κ1) is 14.9. The normalized spacial score (nSPS) is 22.4. The van der Waals surface area contributed by atoms with E-state index >= 15 is 0 Å². The maximum absolute atomic E-state index is 10.5. The summed E-state index contributed by atoms with van der Waals surface area (Å²) >= 11 is 0. The third-order valence-corrected chi connectivity index (χ3v) is 3.97. The summed E-state index contributed by atoms with van der Waals surface area (Å²) in [6.45, 7) is 5.21. The van der Waals surface area contributed by atoms with E-state index in [9.17, 15) is 5.11 Å². The topological polar surface area (TPSA) is 52.5 Å². The molecule has 1 fully saturated rings. The fourth-order valence-corrected chi connectivity index (χ4v) is 2.69. The first-order valence-electron chi connectivity index (χ1n) is 7.14. The van der Waals surface area contributed by atoms with E-state index < -0.39 is 5.60 Å². The lowest BCUT2D eigenvalue weighted by molar-refractivity contribution is 0.0203. The molecule has 0 aromatic rings. The van der Waals surface area contributed by atoms with E-state index in [4.69, 9.17) is 5.11 Å². The lowest BCUT2D eigenvalue weighted by Gasteiger charge is -2.31. The van der Waals surface area contributed by atoms with Gasteiger partial charge < -0.3 is 15.5 Å². The number of aliphatic hydroxyl groups excluding tert-OH is 1. The minimum atomic E-state index is -0.515. The molecule has 0 bridgehead atoms. The largest absolute Gasteiger partial charge is 0.396 e. The number of rotatable bonds is 6. The monoisotopic (exact) mass is 243 g/mol. The highest BCUT2D eigenvalue weighted by molar-refractivity contribution is 4.85. The van der Waals surface area contributed by atoms with Gasteiger partial charge in [0, 0.05) is 19.2 Å². The summed E-state index contributed by atoms with van der Waals surface area (Å²) in [5.74, 6) is 0.497. The summed E-state index contributed by atoms with van der Waals surface area (Å²) in [7, 11) is 0. The summed E-state index contributed by atoms with van der Waals surface area (Å²) in [6.07, 6.45) is 7.41. The summed E-state index contributed by atoms with van der Waals surface area (Å²) in [6, 6.07) is 0.312. The average Bonchev–Trinajstić information content (AvgIpc) is 2.49. The van der Waals surface area contributed by atoms with E-state index in [0.717, 1.165) is 32.1 Å². The molecule has 0 saturated heterocycles. The molecule has 0 aromatic carbocycles. The fourth-order valence-electron chi connectivity index (χ4n) is 2.69. The maximum Gasteiger partial charge on any atom is 0.0771 e. The van der Waals surface area contributed by atoms with Crippen LogP contribution in [0, 0.1) is 5.92 Å². The van der Waals surface area contributed by atoms with E-state index in [-0.39, 0.29) is 6.61 Å². The minimum Gasteiger partial charge on any atom is -0.396 e. The Labute approximate surface area is 106 Å². The molecule has 1 rings (SSSR count). The van der Waals surface area contributed by atoms with E-state index in [1.807, 2.05) is 0 Å². The molecule has 1 atom stereocenters. The molecule has 0 aromatic heterocycles. The van der Waals surface area contributed by atoms with Crippen molar-refractivity contribution in [2.45, 2.75) is 70.4 Å². The Hall–Kier alpha value is -0.120. The van der Waals surface area contributed by atoms with E-state index in [0.29, 0.717) is 18.5 Å². The number of hydrogen-bond donors (Lipinski definition) is 3. The Morgan fingerprint density at radius 1 is 1.12 bits per heavy atom. The zero-order valence-electron chi connectivity index (χ0n) is 11.4. The van der Waals surface area contributed by atoms with Gasteiger partial charge in [-0.25, -0.2) is 0 Å².